The molecular formula is C29H34N6O2. The van der Waals surface area contributed by atoms with Gasteiger partial charge in [0.05, 0.1) is 5.56 Å². The molecule has 4 aromatic rings. The quantitative estimate of drug-likeness (QED) is 0.409. The van der Waals surface area contributed by atoms with Crippen LogP contribution in [0.4, 0.5) is 5.95 Å². The lowest BCUT2D eigenvalue weighted by molar-refractivity contribution is 0.0951. The first kappa shape index (κ1) is 24.7. The number of hydrogen-bond acceptors (Lipinski definition) is 5. The number of para-hydroxylation sites is 1. The maximum absolute atomic E-state index is 13.5. The molecule has 1 aliphatic heterocycles. The molecule has 0 spiro atoms. The van der Waals surface area contributed by atoms with E-state index in [2.05, 4.69) is 42.7 Å². The highest BCUT2D eigenvalue weighted by molar-refractivity contribution is 6.08. The van der Waals surface area contributed by atoms with E-state index in [0.717, 1.165) is 59.7 Å². The molecule has 0 saturated carbocycles. The van der Waals surface area contributed by atoms with E-state index in [9.17, 15) is 9.59 Å². The van der Waals surface area contributed by atoms with Crippen LogP contribution in [-0.4, -0.2) is 38.5 Å². The van der Waals surface area contributed by atoms with E-state index in [1.54, 1.807) is 12.4 Å². The van der Waals surface area contributed by atoms with Crippen LogP contribution in [0.25, 0.3) is 10.9 Å². The number of hydrogen-bond donors (Lipinski definition) is 2. The van der Waals surface area contributed by atoms with Gasteiger partial charge in [-0.1, -0.05) is 18.2 Å². The Bertz CT molecular complexity index is 1480. The van der Waals surface area contributed by atoms with Gasteiger partial charge in [-0.3, -0.25) is 9.59 Å². The van der Waals surface area contributed by atoms with E-state index in [0.29, 0.717) is 17.0 Å². The van der Waals surface area contributed by atoms with Crippen LogP contribution in [0.2, 0.25) is 0 Å². The second kappa shape index (κ2) is 10.2. The summed E-state index contributed by atoms with van der Waals surface area (Å²) >= 11 is 0. The van der Waals surface area contributed by atoms with E-state index >= 15 is 0 Å². The SMILES string of the molecule is Cc1cc(C)c(CNC(=O)c2c(C)n(C(C)C3CCN(c4ncccn4)CC3)c3ccccc23)c(=O)[nH]1. The minimum absolute atomic E-state index is 0.155. The number of piperidine rings is 1. The van der Waals surface area contributed by atoms with Crippen molar-refractivity contribution in [3.8, 4) is 0 Å². The zero-order valence-corrected chi connectivity index (χ0v) is 21.9. The van der Waals surface area contributed by atoms with Gasteiger partial charge in [-0.2, -0.15) is 0 Å². The van der Waals surface area contributed by atoms with Crippen molar-refractivity contribution in [2.24, 2.45) is 5.92 Å². The minimum atomic E-state index is -0.157. The highest BCUT2D eigenvalue weighted by atomic mass is 16.2. The van der Waals surface area contributed by atoms with Crippen LogP contribution in [0, 0.1) is 26.7 Å². The lowest BCUT2D eigenvalue weighted by Gasteiger charge is -2.36. The molecule has 1 aliphatic rings. The minimum Gasteiger partial charge on any atom is -0.348 e. The van der Waals surface area contributed by atoms with Crippen LogP contribution in [0.5, 0.6) is 0 Å². The average molecular weight is 499 g/mol. The highest BCUT2D eigenvalue weighted by Gasteiger charge is 2.29. The average Bonchev–Trinajstić information content (AvgIpc) is 3.19. The van der Waals surface area contributed by atoms with Crippen molar-refractivity contribution in [3.63, 3.8) is 0 Å². The van der Waals surface area contributed by atoms with Gasteiger partial charge in [0.25, 0.3) is 11.5 Å². The summed E-state index contributed by atoms with van der Waals surface area (Å²) in [5.74, 6) is 1.10. The first-order chi connectivity index (χ1) is 17.8. The number of rotatable bonds is 6. The Hall–Kier alpha value is -3.94. The van der Waals surface area contributed by atoms with Crippen LogP contribution < -0.4 is 15.8 Å². The van der Waals surface area contributed by atoms with Gasteiger partial charge in [-0.25, -0.2) is 9.97 Å². The number of aryl methyl sites for hydroxylation is 2. The lowest BCUT2D eigenvalue weighted by Crippen LogP contribution is -2.37. The second-order valence-corrected chi connectivity index (χ2v) is 10.1. The zero-order chi connectivity index (χ0) is 26.1. The van der Waals surface area contributed by atoms with Gasteiger partial charge < -0.3 is 19.8 Å². The predicted octanol–water partition coefficient (Wildman–Crippen LogP) is 4.45. The maximum Gasteiger partial charge on any atom is 0.254 e. The summed E-state index contributed by atoms with van der Waals surface area (Å²) in [5.41, 5.74) is 4.82. The number of nitrogens with zero attached hydrogens (tertiary/aromatic N) is 4. The third-order valence-corrected chi connectivity index (χ3v) is 7.77. The molecule has 1 unspecified atom stereocenters. The molecule has 1 saturated heterocycles. The van der Waals surface area contributed by atoms with Crippen LogP contribution in [-0.2, 0) is 6.54 Å². The van der Waals surface area contributed by atoms with E-state index in [-0.39, 0.29) is 24.1 Å². The fourth-order valence-electron chi connectivity index (χ4n) is 5.81. The van der Waals surface area contributed by atoms with E-state index in [4.69, 9.17) is 0 Å². The van der Waals surface area contributed by atoms with Gasteiger partial charge in [0, 0.05) is 65.9 Å². The molecule has 192 valence electrons. The third kappa shape index (κ3) is 4.75. The molecule has 8 heteroatoms. The molecule has 0 bridgehead atoms. The Kier molecular flexibility index (Phi) is 6.82. The Morgan fingerprint density at radius 2 is 1.81 bits per heavy atom. The van der Waals surface area contributed by atoms with Gasteiger partial charge in [-0.15, -0.1) is 0 Å². The zero-order valence-electron chi connectivity index (χ0n) is 21.9. The number of aromatic amines is 1. The molecule has 1 fully saturated rings. The fraction of sp³-hybridized carbons (Fsp3) is 0.379. The van der Waals surface area contributed by atoms with Crippen molar-refractivity contribution in [1.82, 2.24) is 24.8 Å². The smallest absolute Gasteiger partial charge is 0.254 e. The van der Waals surface area contributed by atoms with Crippen LogP contribution in [0.1, 0.15) is 58.7 Å². The van der Waals surface area contributed by atoms with Crippen molar-refractivity contribution < 1.29 is 4.79 Å². The van der Waals surface area contributed by atoms with E-state index in [1.165, 1.54) is 0 Å². The number of carbonyl (C=O) groups is 1. The Morgan fingerprint density at radius 3 is 2.51 bits per heavy atom. The van der Waals surface area contributed by atoms with Crippen LogP contribution in [0.3, 0.4) is 0 Å². The summed E-state index contributed by atoms with van der Waals surface area (Å²) in [6.45, 7) is 10.1. The number of fused-ring (bicyclic) bond motifs is 1. The molecule has 1 atom stereocenters. The van der Waals surface area contributed by atoms with Crippen molar-refractivity contribution in [2.45, 2.75) is 53.1 Å². The van der Waals surface area contributed by atoms with Gasteiger partial charge >= 0.3 is 0 Å². The van der Waals surface area contributed by atoms with Gasteiger partial charge in [0.15, 0.2) is 0 Å². The van der Waals surface area contributed by atoms with E-state index < -0.39 is 0 Å². The van der Waals surface area contributed by atoms with Crippen molar-refractivity contribution in [2.75, 3.05) is 18.0 Å². The summed E-state index contributed by atoms with van der Waals surface area (Å²) < 4.78 is 2.33. The number of amides is 1. The molecule has 3 aromatic heterocycles. The highest BCUT2D eigenvalue weighted by Crippen LogP contribution is 2.36. The number of carbonyl (C=O) groups excluding carboxylic acids is 1. The summed E-state index contributed by atoms with van der Waals surface area (Å²) in [4.78, 5) is 39.8. The fourth-order valence-corrected chi connectivity index (χ4v) is 5.81. The van der Waals surface area contributed by atoms with Gasteiger partial charge in [0.2, 0.25) is 5.95 Å². The molecule has 8 nitrogen and oxygen atoms in total. The molecule has 1 amide bonds. The molecule has 0 aliphatic carbocycles. The third-order valence-electron chi connectivity index (χ3n) is 7.77. The molecule has 5 rings (SSSR count). The maximum atomic E-state index is 13.5. The summed E-state index contributed by atoms with van der Waals surface area (Å²) in [6.07, 6.45) is 5.63. The van der Waals surface area contributed by atoms with Crippen LogP contribution >= 0.6 is 0 Å². The normalized spacial score (nSPS) is 15.2. The number of pyridine rings is 1. The van der Waals surface area contributed by atoms with Gasteiger partial charge in [0.1, 0.15) is 0 Å². The number of aromatic nitrogens is 4. The lowest BCUT2D eigenvalue weighted by atomic mass is 9.90. The first-order valence-electron chi connectivity index (χ1n) is 12.9. The Balaban J connectivity index is 1.38. The number of anilines is 1. The Morgan fingerprint density at radius 1 is 1.11 bits per heavy atom. The first-order valence-corrected chi connectivity index (χ1v) is 12.9. The number of nitrogens with one attached hydrogen (secondary N) is 2. The summed E-state index contributed by atoms with van der Waals surface area (Å²) in [5, 5.41) is 3.95. The number of H-pyrrole nitrogens is 1. The van der Waals surface area contributed by atoms with Gasteiger partial charge in [-0.05, 0) is 70.2 Å². The molecule has 37 heavy (non-hydrogen) atoms. The molecular weight excluding hydrogens is 464 g/mol. The van der Waals surface area contributed by atoms with E-state index in [1.807, 2.05) is 51.1 Å². The Labute approximate surface area is 216 Å². The monoisotopic (exact) mass is 498 g/mol. The molecule has 2 N–H and O–H groups in total. The number of benzene rings is 1. The van der Waals surface area contributed by atoms with Crippen molar-refractivity contribution >= 4 is 22.8 Å². The van der Waals surface area contributed by atoms with Crippen molar-refractivity contribution in [3.05, 3.63) is 87.2 Å². The predicted molar refractivity (Wildman–Crippen MR) is 146 cm³/mol. The molecule has 1 aromatic carbocycles. The molecule has 0 radical (unpaired) electrons. The van der Waals surface area contributed by atoms with Crippen molar-refractivity contribution in [1.29, 1.82) is 0 Å². The second-order valence-electron chi connectivity index (χ2n) is 10.1. The topological polar surface area (TPSA) is 95.9 Å². The van der Waals surface area contributed by atoms with Crippen LogP contribution in [0.15, 0.2) is 53.6 Å². The largest absolute Gasteiger partial charge is 0.348 e. The summed E-state index contributed by atoms with van der Waals surface area (Å²) in [7, 11) is 0. The molecule has 4 heterocycles. The summed E-state index contributed by atoms with van der Waals surface area (Å²) in [6, 6.07) is 12.1. The standard InChI is InChI=1S/C29H34N6O2/c1-18-16-19(2)33-27(36)24(18)17-32-28(37)26-21(4)35(25-9-6-5-8-23(25)26)20(3)22-10-14-34(15-11-22)29-30-12-7-13-31-29/h5-9,12-13,16,20,22H,10-11,14-15,17H2,1-4H3,(H,32,37)(H,33,36).